The first-order chi connectivity index (χ1) is 7.29. The Morgan fingerprint density at radius 3 is 2.87 bits per heavy atom. The van der Waals surface area contributed by atoms with E-state index in [4.69, 9.17) is 11.6 Å². The first-order valence-corrected chi connectivity index (χ1v) is 6.52. The SMILES string of the molecule is C=C(CCl)CN1CCCN2CCCC2C1. The molecule has 0 aliphatic carbocycles. The molecular weight excluding hydrogens is 208 g/mol. The standard InChI is InChI=1S/C12H21ClN2/c1-11(8-13)9-14-5-3-7-15-6-2-4-12(15)10-14/h12H,1-10H2. The second-order valence-electron chi connectivity index (χ2n) is 4.80. The highest BCUT2D eigenvalue weighted by Crippen LogP contribution is 2.21. The largest absolute Gasteiger partial charge is 0.299 e. The van der Waals surface area contributed by atoms with Crippen LogP contribution >= 0.6 is 11.6 Å². The van der Waals surface area contributed by atoms with Crippen LogP contribution in [0.1, 0.15) is 19.3 Å². The summed E-state index contributed by atoms with van der Waals surface area (Å²) in [6.45, 7) is 10.0. The minimum Gasteiger partial charge on any atom is -0.299 e. The zero-order chi connectivity index (χ0) is 10.7. The smallest absolute Gasteiger partial charge is 0.0443 e. The molecule has 2 aliphatic rings. The molecule has 2 rings (SSSR count). The summed E-state index contributed by atoms with van der Waals surface area (Å²) in [5, 5.41) is 0. The molecule has 86 valence electrons. The molecule has 2 aliphatic heterocycles. The van der Waals surface area contributed by atoms with Crippen LogP contribution in [0.3, 0.4) is 0 Å². The lowest BCUT2D eigenvalue weighted by Gasteiger charge is -2.25. The summed E-state index contributed by atoms with van der Waals surface area (Å²) in [6.07, 6.45) is 4.06. The van der Waals surface area contributed by atoms with Gasteiger partial charge in [0.15, 0.2) is 0 Å². The molecule has 0 aromatic carbocycles. The molecule has 2 fully saturated rings. The maximum absolute atomic E-state index is 5.79. The molecule has 0 aromatic heterocycles. The van der Waals surface area contributed by atoms with E-state index in [1.165, 1.54) is 45.4 Å². The van der Waals surface area contributed by atoms with E-state index in [9.17, 15) is 0 Å². The molecule has 1 atom stereocenters. The predicted molar refractivity (Wildman–Crippen MR) is 65.5 cm³/mol. The van der Waals surface area contributed by atoms with Crippen LogP contribution < -0.4 is 0 Å². The van der Waals surface area contributed by atoms with Crippen molar-refractivity contribution in [3.63, 3.8) is 0 Å². The lowest BCUT2D eigenvalue weighted by Crippen LogP contribution is -2.37. The second kappa shape index (κ2) is 5.33. The van der Waals surface area contributed by atoms with Crippen molar-refractivity contribution in [1.29, 1.82) is 0 Å². The molecule has 0 saturated carbocycles. The van der Waals surface area contributed by atoms with Crippen molar-refractivity contribution in [2.45, 2.75) is 25.3 Å². The third-order valence-electron chi connectivity index (χ3n) is 3.52. The molecule has 3 heteroatoms. The highest BCUT2D eigenvalue weighted by Gasteiger charge is 2.28. The van der Waals surface area contributed by atoms with Crippen molar-refractivity contribution in [1.82, 2.24) is 9.80 Å². The fourth-order valence-electron chi connectivity index (χ4n) is 2.79. The topological polar surface area (TPSA) is 6.48 Å². The Morgan fingerprint density at radius 2 is 2.07 bits per heavy atom. The summed E-state index contributed by atoms with van der Waals surface area (Å²) < 4.78 is 0. The van der Waals surface area contributed by atoms with Crippen LogP contribution in [0.25, 0.3) is 0 Å². The van der Waals surface area contributed by atoms with Gasteiger partial charge in [-0.25, -0.2) is 0 Å². The van der Waals surface area contributed by atoms with Crippen LogP contribution in [-0.2, 0) is 0 Å². The molecule has 2 nitrogen and oxygen atoms in total. The molecule has 0 bridgehead atoms. The second-order valence-corrected chi connectivity index (χ2v) is 5.07. The fourth-order valence-corrected chi connectivity index (χ4v) is 2.87. The summed E-state index contributed by atoms with van der Waals surface area (Å²) in [4.78, 5) is 5.18. The lowest BCUT2D eigenvalue weighted by molar-refractivity contribution is 0.229. The predicted octanol–water partition coefficient (Wildman–Crippen LogP) is 1.95. The Hall–Kier alpha value is -0.0500. The highest BCUT2D eigenvalue weighted by molar-refractivity contribution is 6.19. The summed E-state index contributed by atoms with van der Waals surface area (Å²) >= 11 is 5.79. The number of halogens is 1. The molecule has 0 spiro atoms. The molecule has 15 heavy (non-hydrogen) atoms. The Morgan fingerprint density at radius 1 is 1.27 bits per heavy atom. The van der Waals surface area contributed by atoms with Crippen molar-refractivity contribution >= 4 is 11.6 Å². The normalized spacial score (nSPS) is 28.7. The molecule has 0 amide bonds. The van der Waals surface area contributed by atoms with Gasteiger partial charge in [-0.1, -0.05) is 6.58 Å². The van der Waals surface area contributed by atoms with E-state index in [-0.39, 0.29) is 0 Å². The van der Waals surface area contributed by atoms with Gasteiger partial charge in [-0.05, 0) is 44.5 Å². The van der Waals surface area contributed by atoms with Gasteiger partial charge >= 0.3 is 0 Å². The molecule has 0 N–H and O–H groups in total. The van der Waals surface area contributed by atoms with Gasteiger partial charge in [0.2, 0.25) is 0 Å². The quantitative estimate of drug-likeness (QED) is 0.538. The summed E-state index contributed by atoms with van der Waals surface area (Å²) in [5.41, 5.74) is 1.16. The van der Waals surface area contributed by atoms with E-state index in [0.29, 0.717) is 5.88 Å². The van der Waals surface area contributed by atoms with Crippen LogP contribution in [0.2, 0.25) is 0 Å². The van der Waals surface area contributed by atoms with Crippen molar-refractivity contribution in [3.8, 4) is 0 Å². The third kappa shape index (κ3) is 2.96. The van der Waals surface area contributed by atoms with Gasteiger partial charge in [0.1, 0.15) is 0 Å². The van der Waals surface area contributed by atoms with Crippen LogP contribution in [-0.4, -0.2) is 54.4 Å². The first-order valence-electron chi connectivity index (χ1n) is 5.98. The van der Waals surface area contributed by atoms with E-state index in [1.807, 2.05) is 0 Å². The van der Waals surface area contributed by atoms with Crippen LogP contribution in [0.15, 0.2) is 12.2 Å². The fraction of sp³-hybridized carbons (Fsp3) is 0.833. The van der Waals surface area contributed by atoms with Crippen molar-refractivity contribution in [2.75, 3.05) is 38.6 Å². The van der Waals surface area contributed by atoms with Gasteiger partial charge in [0.05, 0.1) is 0 Å². The zero-order valence-corrected chi connectivity index (χ0v) is 10.2. The Bertz CT molecular complexity index is 230. The summed E-state index contributed by atoms with van der Waals surface area (Å²) in [5.74, 6) is 0.602. The maximum Gasteiger partial charge on any atom is 0.0443 e. The summed E-state index contributed by atoms with van der Waals surface area (Å²) in [7, 11) is 0. The third-order valence-corrected chi connectivity index (χ3v) is 3.90. The van der Waals surface area contributed by atoms with Crippen LogP contribution in [0.5, 0.6) is 0 Å². The monoisotopic (exact) mass is 228 g/mol. The van der Waals surface area contributed by atoms with E-state index < -0.39 is 0 Å². The summed E-state index contributed by atoms with van der Waals surface area (Å²) in [6, 6.07) is 0.802. The van der Waals surface area contributed by atoms with E-state index in [0.717, 1.165) is 18.2 Å². The number of fused-ring (bicyclic) bond motifs is 1. The highest BCUT2D eigenvalue weighted by atomic mass is 35.5. The van der Waals surface area contributed by atoms with Gasteiger partial charge < -0.3 is 0 Å². The minimum atomic E-state index is 0.602. The molecule has 1 unspecified atom stereocenters. The number of hydrogen-bond acceptors (Lipinski definition) is 2. The molecule has 0 radical (unpaired) electrons. The minimum absolute atomic E-state index is 0.602. The van der Waals surface area contributed by atoms with Crippen LogP contribution in [0.4, 0.5) is 0 Å². The van der Waals surface area contributed by atoms with E-state index >= 15 is 0 Å². The van der Waals surface area contributed by atoms with Crippen LogP contribution in [0, 0.1) is 0 Å². The number of hydrogen-bond donors (Lipinski definition) is 0. The number of alkyl halides is 1. The van der Waals surface area contributed by atoms with Gasteiger partial charge in [0.25, 0.3) is 0 Å². The van der Waals surface area contributed by atoms with E-state index in [1.54, 1.807) is 0 Å². The molecule has 0 aromatic rings. The average Bonchev–Trinajstić information content (AvgIpc) is 2.58. The van der Waals surface area contributed by atoms with Crippen molar-refractivity contribution in [3.05, 3.63) is 12.2 Å². The number of nitrogens with zero attached hydrogens (tertiary/aromatic N) is 2. The number of rotatable bonds is 3. The van der Waals surface area contributed by atoms with Gasteiger partial charge in [-0.2, -0.15) is 0 Å². The zero-order valence-electron chi connectivity index (χ0n) is 9.42. The average molecular weight is 229 g/mol. The first kappa shape index (κ1) is 11.4. The van der Waals surface area contributed by atoms with Gasteiger partial charge in [-0.15, -0.1) is 11.6 Å². The van der Waals surface area contributed by atoms with Crippen molar-refractivity contribution < 1.29 is 0 Å². The Labute approximate surface area is 97.9 Å². The molecule has 2 heterocycles. The van der Waals surface area contributed by atoms with Gasteiger partial charge in [-0.3, -0.25) is 9.80 Å². The van der Waals surface area contributed by atoms with Crippen molar-refractivity contribution in [2.24, 2.45) is 0 Å². The molecular formula is C12H21ClN2. The Balaban J connectivity index is 1.88. The Kier molecular flexibility index (Phi) is 4.06. The maximum atomic E-state index is 5.79. The lowest BCUT2D eigenvalue weighted by atomic mass is 10.2. The van der Waals surface area contributed by atoms with Gasteiger partial charge in [0, 0.05) is 25.0 Å². The van der Waals surface area contributed by atoms with E-state index in [2.05, 4.69) is 16.4 Å². The molecule has 2 saturated heterocycles.